The molecule has 0 saturated carbocycles. The summed E-state index contributed by atoms with van der Waals surface area (Å²) >= 11 is 0. The molecule has 4 heteroatoms. The van der Waals surface area contributed by atoms with Crippen LogP contribution in [-0.4, -0.2) is 31.6 Å². The Hall–Kier alpha value is -0.870. The number of nitrogens with zero attached hydrogens (tertiary/aromatic N) is 1. The van der Waals surface area contributed by atoms with Crippen molar-refractivity contribution in [1.82, 2.24) is 4.31 Å². The highest BCUT2D eigenvalue weighted by Crippen LogP contribution is 2.07. The smallest absolute Gasteiger partial charge is 0.212 e. The Morgan fingerprint density at radius 1 is 1.06 bits per heavy atom. The fourth-order valence-electron chi connectivity index (χ4n) is 1.85. The first kappa shape index (κ1) is 14.2. The van der Waals surface area contributed by atoms with Gasteiger partial charge >= 0.3 is 0 Å². The second kappa shape index (κ2) is 6.77. The zero-order chi connectivity index (χ0) is 12.7. The Kier molecular flexibility index (Phi) is 5.65. The normalized spacial score (nSPS) is 11.9. The summed E-state index contributed by atoms with van der Waals surface area (Å²) in [5.41, 5.74) is 1.20. The van der Waals surface area contributed by atoms with Crippen LogP contribution in [-0.2, 0) is 16.4 Å². The summed E-state index contributed by atoms with van der Waals surface area (Å²) in [6, 6.07) is 9.99. The summed E-state index contributed by atoms with van der Waals surface area (Å²) < 4.78 is 25.3. The SMILES string of the molecule is CCN(CC)S(=O)(=O)CCCc1ccccc1. The van der Waals surface area contributed by atoms with E-state index in [4.69, 9.17) is 0 Å². The predicted octanol–water partition coefficient (Wildman–Crippen LogP) is 2.29. The molecule has 0 heterocycles. The van der Waals surface area contributed by atoms with Crippen LogP contribution in [0, 0.1) is 0 Å². The molecule has 0 N–H and O–H groups in total. The summed E-state index contributed by atoms with van der Waals surface area (Å²) in [6.07, 6.45) is 1.50. The Bertz CT molecular complexity index is 410. The van der Waals surface area contributed by atoms with Gasteiger partial charge in [0.2, 0.25) is 10.0 Å². The van der Waals surface area contributed by atoms with Crippen LogP contribution in [0.25, 0.3) is 0 Å². The second-order valence-electron chi connectivity index (χ2n) is 3.99. The number of aryl methyl sites for hydroxylation is 1. The fourth-order valence-corrected chi connectivity index (χ4v) is 3.40. The van der Waals surface area contributed by atoms with E-state index in [0.29, 0.717) is 19.5 Å². The topological polar surface area (TPSA) is 37.4 Å². The molecule has 0 aliphatic heterocycles. The van der Waals surface area contributed by atoms with Crippen LogP contribution in [0.3, 0.4) is 0 Å². The quantitative estimate of drug-likeness (QED) is 0.749. The van der Waals surface area contributed by atoms with E-state index in [1.54, 1.807) is 0 Å². The minimum atomic E-state index is -3.06. The van der Waals surface area contributed by atoms with Gasteiger partial charge in [-0.15, -0.1) is 0 Å². The third-order valence-electron chi connectivity index (χ3n) is 2.81. The van der Waals surface area contributed by atoms with Crippen LogP contribution in [0.4, 0.5) is 0 Å². The molecule has 3 nitrogen and oxygen atoms in total. The molecule has 0 radical (unpaired) electrons. The predicted molar refractivity (Wildman–Crippen MR) is 71.5 cm³/mol. The van der Waals surface area contributed by atoms with Gasteiger partial charge in [0.1, 0.15) is 0 Å². The molecule has 0 amide bonds. The molecule has 0 aliphatic rings. The van der Waals surface area contributed by atoms with E-state index in [1.165, 1.54) is 9.87 Å². The van der Waals surface area contributed by atoms with Gasteiger partial charge in [-0.2, -0.15) is 0 Å². The summed E-state index contributed by atoms with van der Waals surface area (Å²) in [5, 5.41) is 0. The van der Waals surface area contributed by atoms with Gasteiger partial charge in [-0.05, 0) is 18.4 Å². The molecule has 17 heavy (non-hydrogen) atoms. The minimum Gasteiger partial charge on any atom is -0.212 e. The van der Waals surface area contributed by atoms with Crippen molar-refractivity contribution in [2.45, 2.75) is 26.7 Å². The Morgan fingerprint density at radius 2 is 1.65 bits per heavy atom. The lowest BCUT2D eigenvalue weighted by molar-refractivity contribution is 0.444. The van der Waals surface area contributed by atoms with Crippen molar-refractivity contribution in [3.63, 3.8) is 0 Å². The molecule has 1 aromatic rings. The first-order chi connectivity index (χ1) is 8.10. The standard InChI is InChI=1S/C13H21NO2S/c1-3-14(4-2)17(15,16)12-8-11-13-9-6-5-7-10-13/h5-7,9-10H,3-4,8,11-12H2,1-2H3. The van der Waals surface area contributed by atoms with E-state index in [-0.39, 0.29) is 5.75 Å². The highest BCUT2D eigenvalue weighted by Gasteiger charge is 2.17. The average molecular weight is 255 g/mol. The van der Waals surface area contributed by atoms with Gasteiger partial charge in [0, 0.05) is 13.1 Å². The summed E-state index contributed by atoms with van der Waals surface area (Å²) in [4.78, 5) is 0. The van der Waals surface area contributed by atoms with Crippen LogP contribution in [0.1, 0.15) is 25.8 Å². The molecule has 96 valence electrons. The van der Waals surface area contributed by atoms with E-state index in [2.05, 4.69) is 0 Å². The third kappa shape index (κ3) is 4.48. The van der Waals surface area contributed by atoms with Crippen LogP contribution in [0.2, 0.25) is 0 Å². The molecule has 0 bridgehead atoms. The molecule has 0 fully saturated rings. The zero-order valence-electron chi connectivity index (χ0n) is 10.6. The molecular weight excluding hydrogens is 234 g/mol. The van der Waals surface area contributed by atoms with E-state index in [0.717, 1.165) is 6.42 Å². The lowest BCUT2D eigenvalue weighted by Crippen LogP contribution is -2.32. The number of hydrogen-bond donors (Lipinski definition) is 0. The van der Waals surface area contributed by atoms with Gasteiger partial charge < -0.3 is 0 Å². The van der Waals surface area contributed by atoms with Crippen LogP contribution < -0.4 is 0 Å². The molecule has 0 aliphatic carbocycles. The number of sulfonamides is 1. The highest BCUT2D eigenvalue weighted by atomic mass is 32.2. The minimum absolute atomic E-state index is 0.240. The molecule has 0 atom stereocenters. The van der Waals surface area contributed by atoms with Crippen molar-refractivity contribution in [1.29, 1.82) is 0 Å². The molecule has 0 saturated heterocycles. The highest BCUT2D eigenvalue weighted by molar-refractivity contribution is 7.89. The lowest BCUT2D eigenvalue weighted by atomic mass is 10.1. The first-order valence-corrected chi connectivity index (χ1v) is 7.72. The fraction of sp³-hybridized carbons (Fsp3) is 0.538. The Morgan fingerprint density at radius 3 is 2.18 bits per heavy atom. The second-order valence-corrected chi connectivity index (χ2v) is 6.08. The summed E-state index contributed by atoms with van der Waals surface area (Å²) in [6.45, 7) is 4.87. The largest absolute Gasteiger partial charge is 0.214 e. The number of benzene rings is 1. The van der Waals surface area contributed by atoms with E-state index >= 15 is 0 Å². The Labute approximate surface area is 105 Å². The maximum atomic E-state index is 11.9. The van der Waals surface area contributed by atoms with Crippen LogP contribution in [0.5, 0.6) is 0 Å². The average Bonchev–Trinajstić information content (AvgIpc) is 2.31. The van der Waals surface area contributed by atoms with Crippen LogP contribution >= 0.6 is 0 Å². The molecule has 0 aromatic heterocycles. The van der Waals surface area contributed by atoms with Crippen LogP contribution in [0.15, 0.2) is 30.3 Å². The zero-order valence-corrected chi connectivity index (χ0v) is 11.4. The van der Waals surface area contributed by atoms with Gasteiger partial charge in [0.05, 0.1) is 5.75 Å². The van der Waals surface area contributed by atoms with Crippen molar-refractivity contribution in [3.8, 4) is 0 Å². The number of hydrogen-bond acceptors (Lipinski definition) is 2. The monoisotopic (exact) mass is 255 g/mol. The van der Waals surface area contributed by atoms with Gasteiger partial charge in [-0.25, -0.2) is 12.7 Å². The number of rotatable bonds is 7. The van der Waals surface area contributed by atoms with Crippen molar-refractivity contribution >= 4 is 10.0 Å². The molecule has 1 rings (SSSR count). The maximum Gasteiger partial charge on any atom is 0.214 e. The van der Waals surface area contributed by atoms with E-state index in [9.17, 15) is 8.42 Å². The molecule has 0 unspecified atom stereocenters. The Balaban J connectivity index is 2.46. The summed E-state index contributed by atoms with van der Waals surface area (Å²) in [5.74, 6) is 0.240. The lowest BCUT2D eigenvalue weighted by Gasteiger charge is -2.18. The van der Waals surface area contributed by atoms with E-state index in [1.807, 2.05) is 44.2 Å². The molecule has 1 aromatic carbocycles. The van der Waals surface area contributed by atoms with Crippen molar-refractivity contribution in [3.05, 3.63) is 35.9 Å². The van der Waals surface area contributed by atoms with Crippen molar-refractivity contribution in [2.24, 2.45) is 0 Å². The third-order valence-corrected chi connectivity index (χ3v) is 4.92. The van der Waals surface area contributed by atoms with Gasteiger partial charge in [0.25, 0.3) is 0 Å². The molecular formula is C13H21NO2S. The maximum absolute atomic E-state index is 11.9. The van der Waals surface area contributed by atoms with Gasteiger partial charge in [-0.1, -0.05) is 44.2 Å². The molecule has 0 spiro atoms. The van der Waals surface area contributed by atoms with Gasteiger partial charge in [-0.3, -0.25) is 0 Å². The van der Waals surface area contributed by atoms with E-state index < -0.39 is 10.0 Å². The van der Waals surface area contributed by atoms with Gasteiger partial charge in [0.15, 0.2) is 0 Å². The first-order valence-electron chi connectivity index (χ1n) is 6.12. The van der Waals surface area contributed by atoms with Crippen molar-refractivity contribution in [2.75, 3.05) is 18.8 Å². The van der Waals surface area contributed by atoms with Crippen molar-refractivity contribution < 1.29 is 8.42 Å². The summed E-state index contributed by atoms with van der Waals surface area (Å²) in [7, 11) is -3.06.